The minimum atomic E-state index is 0.478. The van der Waals surface area contributed by atoms with Crippen molar-refractivity contribution in [1.82, 2.24) is 14.5 Å². The molecule has 0 bridgehead atoms. The number of rotatable bonds is 3. The highest BCUT2D eigenvalue weighted by atomic mass is 32.1. The molecule has 5 heteroatoms. The second-order valence-corrected chi connectivity index (χ2v) is 5.08. The van der Waals surface area contributed by atoms with Crippen LogP contribution >= 0.6 is 23.6 Å². The van der Waals surface area contributed by atoms with Gasteiger partial charge in [0.1, 0.15) is 0 Å². The van der Waals surface area contributed by atoms with Crippen LogP contribution in [0.1, 0.15) is 30.3 Å². The maximum Gasteiger partial charge on any atom is 0.177 e. The molecule has 0 unspecified atom stereocenters. The molecule has 0 saturated carbocycles. The van der Waals surface area contributed by atoms with Crippen molar-refractivity contribution >= 4 is 23.6 Å². The van der Waals surface area contributed by atoms with Crippen molar-refractivity contribution in [3.8, 4) is 0 Å². The van der Waals surface area contributed by atoms with Gasteiger partial charge in [0, 0.05) is 23.0 Å². The molecular formula is C10H13N3S2. The molecule has 2 aromatic heterocycles. The van der Waals surface area contributed by atoms with Crippen LogP contribution in [-0.4, -0.2) is 14.5 Å². The van der Waals surface area contributed by atoms with Gasteiger partial charge in [-0.3, -0.25) is 4.98 Å². The van der Waals surface area contributed by atoms with Crippen molar-refractivity contribution in [3.05, 3.63) is 33.2 Å². The van der Waals surface area contributed by atoms with Crippen LogP contribution in [0.5, 0.6) is 0 Å². The molecule has 0 aromatic carbocycles. The van der Waals surface area contributed by atoms with Gasteiger partial charge in [0.15, 0.2) is 4.77 Å². The molecule has 80 valence electrons. The highest BCUT2D eigenvalue weighted by molar-refractivity contribution is 7.71. The Morgan fingerprint density at radius 1 is 1.60 bits per heavy atom. The molecule has 0 radical (unpaired) electrons. The lowest BCUT2D eigenvalue weighted by Gasteiger charge is -2.09. The topological polar surface area (TPSA) is 33.6 Å². The Morgan fingerprint density at radius 3 is 3.00 bits per heavy atom. The molecule has 1 N–H and O–H groups in total. The monoisotopic (exact) mass is 239 g/mol. The maximum absolute atomic E-state index is 5.26. The van der Waals surface area contributed by atoms with Crippen LogP contribution in [0.3, 0.4) is 0 Å². The summed E-state index contributed by atoms with van der Waals surface area (Å²) < 4.78 is 2.92. The number of hydrogen-bond donors (Lipinski definition) is 1. The van der Waals surface area contributed by atoms with Gasteiger partial charge in [-0.15, -0.1) is 11.3 Å². The lowest BCUT2D eigenvalue weighted by molar-refractivity contribution is 0.689. The second-order valence-electron chi connectivity index (χ2n) is 3.73. The van der Waals surface area contributed by atoms with Gasteiger partial charge < -0.3 is 9.55 Å². The largest absolute Gasteiger partial charge is 0.337 e. The van der Waals surface area contributed by atoms with Gasteiger partial charge in [-0.1, -0.05) is 13.8 Å². The summed E-state index contributed by atoms with van der Waals surface area (Å²) in [6.45, 7) is 5.16. The number of H-pyrrole nitrogens is 1. The average Bonchev–Trinajstić information content (AvgIpc) is 2.78. The van der Waals surface area contributed by atoms with Crippen LogP contribution in [0.25, 0.3) is 0 Å². The van der Waals surface area contributed by atoms with E-state index in [9.17, 15) is 0 Å². The number of hydrogen-bond acceptors (Lipinski definition) is 3. The third-order valence-corrected chi connectivity index (χ3v) is 3.39. The highest BCUT2D eigenvalue weighted by Gasteiger charge is 2.08. The van der Waals surface area contributed by atoms with Crippen molar-refractivity contribution in [3.63, 3.8) is 0 Å². The van der Waals surface area contributed by atoms with Gasteiger partial charge in [-0.2, -0.15) is 0 Å². The van der Waals surface area contributed by atoms with E-state index in [1.54, 1.807) is 11.3 Å². The fourth-order valence-corrected chi connectivity index (χ4v) is 2.34. The molecule has 0 atom stereocenters. The molecule has 0 fully saturated rings. The van der Waals surface area contributed by atoms with Gasteiger partial charge in [-0.05, 0) is 18.1 Å². The number of imidazole rings is 1. The van der Waals surface area contributed by atoms with Crippen LogP contribution in [-0.2, 0) is 6.54 Å². The molecule has 0 aliphatic carbocycles. The first-order chi connectivity index (χ1) is 7.18. The van der Waals surface area contributed by atoms with E-state index in [4.69, 9.17) is 12.2 Å². The third kappa shape index (κ3) is 2.18. The molecule has 0 amide bonds. The molecule has 0 saturated heterocycles. The number of aromatic nitrogens is 3. The fourth-order valence-electron chi connectivity index (χ4n) is 1.53. The first-order valence-electron chi connectivity index (χ1n) is 4.84. The highest BCUT2D eigenvalue weighted by Crippen LogP contribution is 2.17. The summed E-state index contributed by atoms with van der Waals surface area (Å²) >= 11 is 6.91. The predicted octanol–water partition coefficient (Wildman–Crippen LogP) is 3.17. The summed E-state index contributed by atoms with van der Waals surface area (Å²) in [6, 6.07) is 0. The second kappa shape index (κ2) is 4.28. The average molecular weight is 239 g/mol. The summed E-state index contributed by atoms with van der Waals surface area (Å²) in [5.74, 6) is 0.478. The van der Waals surface area contributed by atoms with Crippen LogP contribution in [0.15, 0.2) is 17.9 Å². The molecule has 2 aromatic rings. The lowest BCUT2D eigenvalue weighted by Crippen LogP contribution is -2.04. The first kappa shape index (κ1) is 10.6. The summed E-state index contributed by atoms with van der Waals surface area (Å²) in [7, 11) is 0. The van der Waals surface area contributed by atoms with Crippen LogP contribution in [0.4, 0.5) is 0 Å². The molecule has 3 nitrogen and oxygen atoms in total. The molecule has 2 rings (SSSR count). The van der Waals surface area contributed by atoms with Crippen LogP contribution in [0, 0.1) is 4.77 Å². The van der Waals surface area contributed by atoms with Crippen molar-refractivity contribution in [1.29, 1.82) is 0 Å². The quantitative estimate of drug-likeness (QED) is 0.835. The zero-order valence-corrected chi connectivity index (χ0v) is 10.4. The van der Waals surface area contributed by atoms with Gasteiger partial charge in [0.25, 0.3) is 0 Å². The van der Waals surface area contributed by atoms with Crippen molar-refractivity contribution in [2.45, 2.75) is 26.3 Å². The Balaban J connectivity index is 2.35. The van der Waals surface area contributed by atoms with E-state index < -0.39 is 0 Å². The zero-order valence-electron chi connectivity index (χ0n) is 8.73. The SMILES string of the molecule is CC(C)c1c[nH]c(=S)n1Cc1cncs1. The summed E-state index contributed by atoms with van der Waals surface area (Å²) in [6.07, 6.45) is 3.89. The van der Waals surface area contributed by atoms with E-state index in [1.165, 1.54) is 10.6 Å². The Morgan fingerprint density at radius 2 is 2.40 bits per heavy atom. The molecule has 0 spiro atoms. The number of aromatic amines is 1. The van der Waals surface area contributed by atoms with Gasteiger partial charge >= 0.3 is 0 Å². The van der Waals surface area contributed by atoms with E-state index >= 15 is 0 Å². The Bertz CT molecular complexity index is 479. The van der Waals surface area contributed by atoms with Gasteiger partial charge in [-0.25, -0.2) is 0 Å². The summed E-state index contributed by atoms with van der Waals surface area (Å²) in [5, 5.41) is 0. The van der Waals surface area contributed by atoms with Crippen molar-refractivity contribution in [2.24, 2.45) is 0 Å². The molecule has 0 aliphatic rings. The van der Waals surface area contributed by atoms with Crippen molar-refractivity contribution < 1.29 is 0 Å². The minimum Gasteiger partial charge on any atom is -0.337 e. The predicted molar refractivity (Wildman–Crippen MR) is 64.9 cm³/mol. The maximum atomic E-state index is 5.26. The molecule has 2 heterocycles. The van der Waals surface area contributed by atoms with E-state index in [-0.39, 0.29) is 0 Å². The smallest absolute Gasteiger partial charge is 0.177 e. The summed E-state index contributed by atoms with van der Waals surface area (Å²) in [4.78, 5) is 8.39. The van der Waals surface area contributed by atoms with Crippen LogP contribution in [0.2, 0.25) is 0 Å². The lowest BCUT2D eigenvalue weighted by atomic mass is 10.1. The number of thiazole rings is 1. The zero-order chi connectivity index (χ0) is 10.8. The number of nitrogens with one attached hydrogen (secondary N) is 1. The van der Waals surface area contributed by atoms with E-state index in [2.05, 4.69) is 28.4 Å². The van der Waals surface area contributed by atoms with Crippen molar-refractivity contribution in [2.75, 3.05) is 0 Å². The standard InChI is InChI=1S/C10H13N3S2/c1-7(2)9-4-12-10(14)13(9)5-8-3-11-6-15-8/h3-4,6-7H,5H2,1-2H3,(H,12,14). The molecule has 15 heavy (non-hydrogen) atoms. The Kier molecular flexibility index (Phi) is 3.02. The summed E-state index contributed by atoms with van der Waals surface area (Å²) in [5.41, 5.74) is 3.09. The van der Waals surface area contributed by atoms with E-state index in [0.717, 1.165) is 11.3 Å². The van der Waals surface area contributed by atoms with Crippen LogP contribution < -0.4 is 0 Å². The van der Waals surface area contributed by atoms with E-state index in [1.807, 2.05) is 17.9 Å². The van der Waals surface area contributed by atoms with Gasteiger partial charge in [0.2, 0.25) is 0 Å². The number of nitrogens with zero attached hydrogens (tertiary/aromatic N) is 2. The Hall–Kier alpha value is -0.940. The first-order valence-corrected chi connectivity index (χ1v) is 6.12. The Labute approximate surface area is 97.8 Å². The third-order valence-electron chi connectivity index (χ3n) is 2.29. The van der Waals surface area contributed by atoms with Gasteiger partial charge in [0.05, 0.1) is 12.1 Å². The fraction of sp³-hybridized carbons (Fsp3) is 0.400. The molecular weight excluding hydrogens is 226 g/mol. The minimum absolute atomic E-state index is 0.478. The van der Waals surface area contributed by atoms with E-state index in [0.29, 0.717) is 5.92 Å². The normalized spacial score (nSPS) is 11.1. The molecule has 0 aliphatic heterocycles.